The predicted molar refractivity (Wildman–Crippen MR) is 141 cm³/mol. The summed E-state index contributed by atoms with van der Waals surface area (Å²) in [5.41, 5.74) is 11.2. The van der Waals surface area contributed by atoms with Crippen LogP contribution in [0.4, 0.5) is 16.3 Å². The molecule has 0 radical (unpaired) electrons. The van der Waals surface area contributed by atoms with Crippen molar-refractivity contribution in [3.8, 4) is 0 Å². The van der Waals surface area contributed by atoms with E-state index in [-0.39, 0.29) is 11.8 Å². The number of Topliss-reactive ketones (excluding diaryl/α,β-unsaturated/α-hetero) is 1. The summed E-state index contributed by atoms with van der Waals surface area (Å²) in [6.45, 7) is 10.8. The van der Waals surface area contributed by atoms with Crippen molar-refractivity contribution in [3.05, 3.63) is 46.9 Å². The lowest BCUT2D eigenvalue weighted by Gasteiger charge is -2.32. The van der Waals surface area contributed by atoms with Gasteiger partial charge in [0.05, 0.1) is 5.52 Å². The van der Waals surface area contributed by atoms with Gasteiger partial charge >= 0.3 is 6.03 Å². The number of aromatic nitrogens is 3. The number of nitrogens with one attached hydrogen (secondary N) is 1. The van der Waals surface area contributed by atoms with E-state index in [0.29, 0.717) is 49.3 Å². The van der Waals surface area contributed by atoms with E-state index in [1.807, 2.05) is 18.7 Å². The van der Waals surface area contributed by atoms with Crippen LogP contribution in [-0.4, -0.2) is 50.9 Å². The van der Waals surface area contributed by atoms with Gasteiger partial charge in [0.15, 0.2) is 11.6 Å². The number of aryl methyl sites for hydroxylation is 3. The third kappa shape index (κ3) is 5.51. The van der Waals surface area contributed by atoms with Crippen LogP contribution in [-0.2, 0) is 17.9 Å². The Morgan fingerprint density at radius 3 is 2.64 bits per heavy atom. The first-order chi connectivity index (χ1) is 17.3. The summed E-state index contributed by atoms with van der Waals surface area (Å²) in [6.07, 6.45) is 2.87. The van der Waals surface area contributed by atoms with Crippen LogP contribution in [0.1, 0.15) is 60.5 Å². The van der Waals surface area contributed by atoms with E-state index < -0.39 is 0 Å². The number of ketones is 1. The molecule has 1 saturated heterocycles. The molecule has 2 amide bonds. The second-order valence-corrected chi connectivity index (χ2v) is 9.51. The monoisotopic (exact) mass is 492 g/mol. The molecule has 3 N–H and O–H groups in total. The van der Waals surface area contributed by atoms with Gasteiger partial charge in [0.1, 0.15) is 17.9 Å². The lowest BCUT2D eigenvalue weighted by Crippen LogP contribution is -2.41. The number of piperidine rings is 1. The Labute approximate surface area is 212 Å². The van der Waals surface area contributed by atoms with E-state index in [9.17, 15) is 9.59 Å². The topological polar surface area (TPSA) is 115 Å². The molecule has 0 spiro atoms. The predicted octanol–water partition coefficient (Wildman–Crippen LogP) is 4.70. The van der Waals surface area contributed by atoms with Crippen molar-refractivity contribution < 1.29 is 14.3 Å². The van der Waals surface area contributed by atoms with Crippen LogP contribution in [0.15, 0.2) is 24.3 Å². The first-order valence-corrected chi connectivity index (χ1v) is 12.6. The second kappa shape index (κ2) is 11.1. The van der Waals surface area contributed by atoms with E-state index >= 15 is 0 Å². The van der Waals surface area contributed by atoms with E-state index in [2.05, 4.69) is 21.8 Å². The average molecular weight is 493 g/mol. The molecule has 4 rings (SSSR count). The number of pyridine rings is 1. The van der Waals surface area contributed by atoms with Gasteiger partial charge in [-0.1, -0.05) is 12.1 Å². The fourth-order valence-electron chi connectivity index (χ4n) is 4.85. The van der Waals surface area contributed by atoms with Gasteiger partial charge in [0.2, 0.25) is 0 Å². The number of carbonyl (C=O) groups excluding carboxylic acids is 2. The molecule has 0 saturated carbocycles. The van der Waals surface area contributed by atoms with Gasteiger partial charge in [-0.3, -0.25) is 4.79 Å². The first-order valence-electron chi connectivity index (χ1n) is 12.6. The molecule has 1 aliphatic rings. The van der Waals surface area contributed by atoms with Gasteiger partial charge in [-0.15, -0.1) is 0 Å². The molecule has 3 aromatic rings. The molecule has 0 atom stereocenters. The molecular formula is C27H36N6O3. The Hall–Kier alpha value is -3.46. The molecule has 1 aliphatic heterocycles. The standard InChI is InChI=1S/C27H36N6O3/c1-5-36-16-23-31-24-25(17(2)18(3)29-26(24)28)33(23)14-11-20-9-12-32(13-10-20)27(35)30-22-8-6-7-21(15-22)19(4)34/h6-8,15,20H,5,9-14,16H2,1-4H3,(H2,28,29)(H,30,35). The number of fused-ring (bicyclic) bond motifs is 1. The molecule has 0 aliphatic carbocycles. The number of ether oxygens (including phenoxy) is 1. The van der Waals surface area contributed by atoms with Crippen molar-refractivity contribution in [1.29, 1.82) is 0 Å². The Balaban J connectivity index is 1.39. The zero-order valence-corrected chi connectivity index (χ0v) is 21.6. The highest BCUT2D eigenvalue weighted by atomic mass is 16.5. The van der Waals surface area contributed by atoms with Crippen LogP contribution in [0, 0.1) is 19.8 Å². The first kappa shape index (κ1) is 25.6. The van der Waals surface area contributed by atoms with E-state index in [0.717, 1.165) is 53.9 Å². The number of nitrogen functional groups attached to an aromatic ring is 1. The van der Waals surface area contributed by atoms with Crippen LogP contribution in [0.5, 0.6) is 0 Å². The van der Waals surface area contributed by atoms with Crippen LogP contribution < -0.4 is 11.1 Å². The van der Waals surface area contributed by atoms with Crippen molar-refractivity contribution in [3.63, 3.8) is 0 Å². The fraction of sp³-hybridized carbons (Fsp3) is 0.481. The molecule has 2 aromatic heterocycles. The number of nitrogens with two attached hydrogens (primary N) is 1. The molecule has 9 heteroatoms. The van der Waals surface area contributed by atoms with Gasteiger partial charge in [0.25, 0.3) is 0 Å². The van der Waals surface area contributed by atoms with Crippen molar-refractivity contribution in [2.45, 2.75) is 60.1 Å². The molecule has 0 unspecified atom stereocenters. The Morgan fingerprint density at radius 1 is 1.19 bits per heavy atom. The van der Waals surface area contributed by atoms with Gasteiger partial charge in [-0.25, -0.2) is 14.8 Å². The van der Waals surface area contributed by atoms with Gasteiger partial charge in [-0.2, -0.15) is 0 Å². The average Bonchev–Trinajstić information content (AvgIpc) is 3.24. The number of urea groups is 1. The summed E-state index contributed by atoms with van der Waals surface area (Å²) in [5.74, 6) is 1.82. The number of amides is 2. The number of rotatable bonds is 8. The van der Waals surface area contributed by atoms with Gasteiger partial charge in [-0.05, 0) is 70.6 Å². The van der Waals surface area contributed by atoms with Crippen LogP contribution in [0.3, 0.4) is 0 Å². The molecular weight excluding hydrogens is 456 g/mol. The number of anilines is 2. The van der Waals surface area contributed by atoms with Crippen molar-refractivity contribution in [1.82, 2.24) is 19.4 Å². The Kier molecular flexibility index (Phi) is 7.88. The molecule has 1 aromatic carbocycles. The number of nitrogens with zero attached hydrogens (tertiary/aromatic N) is 4. The smallest absolute Gasteiger partial charge is 0.321 e. The van der Waals surface area contributed by atoms with Crippen LogP contribution in [0.25, 0.3) is 11.0 Å². The molecule has 3 heterocycles. The maximum absolute atomic E-state index is 12.8. The number of hydrogen-bond acceptors (Lipinski definition) is 6. The third-order valence-corrected chi connectivity index (χ3v) is 7.09. The lowest BCUT2D eigenvalue weighted by atomic mass is 9.93. The highest BCUT2D eigenvalue weighted by Crippen LogP contribution is 2.29. The van der Waals surface area contributed by atoms with Gasteiger partial charge in [0, 0.05) is 43.2 Å². The van der Waals surface area contributed by atoms with Crippen LogP contribution >= 0.6 is 0 Å². The van der Waals surface area contributed by atoms with Crippen molar-refractivity contribution in [2.75, 3.05) is 30.7 Å². The maximum atomic E-state index is 12.8. The number of carbonyl (C=O) groups is 2. The van der Waals surface area contributed by atoms with Crippen LogP contribution in [0.2, 0.25) is 0 Å². The summed E-state index contributed by atoms with van der Waals surface area (Å²) in [6, 6.07) is 6.93. The quantitative estimate of drug-likeness (QED) is 0.440. The number of hydrogen-bond donors (Lipinski definition) is 2. The molecule has 36 heavy (non-hydrogen) atoms. The minimum atomic E-state index is -0.122. The van der Waals surface area contributed by atoms with Gasteiger partial charge < -0.3 is 25.3 Å². The highest BCUT2D eigenvalue weighted by molar-refractivity contribution is 5.96. The summed E-state index contributed by atoms with van der Waals surface area (Å²) < 4.78 is 7.93. The largest absolute Gasteiger partial charge is 0.382 e. The summed E-state index contributed by atoms with van der Waals surface area (Å²) in [4.78, 5) is 35.5. The summed E-state index contributed by atoms with van der Waals surface area (Å²) in [7, 11) is 0. The zero-order chi connectivity index (χ0) is 25.8. The third-order valence-electron chi connectivity index (χ3n) is 7.09. The zero-order valence-electron chi connectivity index (χ0n) is 21.6. The SMILES string of the molecule is CCOCc1nc2c(N)nc(C)c(C)c2n1CCC1CCN(C(=O)Nc2cccc(C(C)=O)c2)CC1. The number of imidazole rings is 1. The second-order valence-electron chi connectivity index (χ2n) is 9.51. The van der Waals surface area contributed by atoms with Crippen molar-refractivity contribution in [2.24, 2.45) is 5.92 Å². The maximum Gasteiger partial charge on any atom is 0.321 e. The lowest BCUT2D eigenvalue weighted by molar-refractivity contribution is 0.101. The molecule has 192 valence electrons. The minimum absolute atomic E-state index is 0.0219. The Bertz CT molecular complexity index is 1260. The molecule has 0 bridgehead atoms. The highest BCUT2D eigenvalue weighted by Gasteiger charge is 2.24. The van der Waals surface area contributed by atoms with E-state index in [1.165, 1.54) is 6.92 Å². The normalized spacial score (nSPS) is 14.4. The van der Waals surface area contributed by atoms with Crippen molar-refractivity contribution >= 4 is 34.4 Å². The van der Waals surface area contributed by atoms with E-state index in [4.69, 9.17) is 15.5 Å². The molecule has 9 nitrogen and oxygen atoms in total. The van der Waals surface area contributed by atoms with E-state index in [1.54, 1.807) is 24.3 Å². The summed E-state index contributed by atoms with van der Waals surface area (Å²) >= 11 is 0. The minimum Gasteiger partial charge on any atom is -0.382 e. The fourth-order valence-corrected chi connectivity index (χ4v) is 4.85. The summed E-state index contributed by atoms with van der Waals surface area (Å²) in [5, 5.41) is 2.93. The number of benzene rings is 1. The molecule has 1 fully saturated rings. The number of likely N-dealkylation sites (tertiary alicyclic amines) is 1. The Morgan fingerprint density at radius 2 is 1.94 bits per heavy atom.